The molecule has 39 heteroatoms. The van der Waals surface area contributed by atoms with Crippen molar-refractivity contribution in [3.05, 3.63) is 117 Å². The molecule has 117 heavy (non-hydrogen) atoms. The minimum atomic E-state index is -2.36. The van der Waals surface area contributed by atoms with Crippen molar-refractivity contribution in [1.82, 2.24) is 47.4 Å². The molecule has 5 aromatic rings. The molecule has 4 saturated heterocycles. The topological polar surface area (TPSA) is 590 Å². The van der Waals surface area contributed by atoms with Gasteiger partial charge in [-0.15, -0.1) is 0 Å². The lowest BCUT2D eigenvalue weighted by Crippen LogP contribution is -2.64. The second-order valence-electron chi connectivity index (χ2n) is 31.4. The summed E-state index contributed by atoms with van der Waals surface area (Å²) in [5.74, 6) is -15.3. The van der Waals surface area contributed by atoms with E-state index < -0.39 is 250 Å². The number of rotatable bonds is 17. The molecular formula is C78H99ClN12O26. The van der Waals surface area contributed by atoms with Gasteiger partial charge in [0.05, 0.1) is 54.1 Å². The molecule has 9 heterocycles. The SMILES string of the molecule is CN[C@H](CC(C)C)C(=O)N[C@H]1C(=O)N[C@@H](CC(N)=O)C(=O)N[C@H]2C(=O)N[C@H]3C(=O)N[C@H](C(=O)N[C@H](C(=O)O)c4cc(O)c(CN5CCNCC5)c(O)c4-c4cc3ccc4O)[C@H](O[C@H]3C[C@@](C)(N)[C@@H](O)[C@H](C)O3)c3ccc(cc3)Oc3cc2cc(c3O[C@@H]2O[C@H](CO)[C@@H](O)[C@H](O)[C@H]2O[C@H]2C[C@](C)(N)[C@@H](O)[C@H](C)O2)Oc2ccc(cc2Cl)[C@H]1O. The molecule has 0 saturated carbocycles. The summed E-state index contributed by atoms with van der Waals surface area (Å²) >= 11 is 7.17. The highest BCUT2D eigenvalue weighted by Crippen LogP contribution is 2.51. The van der Waals surface area contributed by atoms with Crippen LogP contribution in [0.4, 0.5) is 0 Å². The number of likely N-dealkylation sites (N-methyl/N-ethyl adjacent to an activating group) is 1. The normalized spacial score (nSPS) is 32.0. The van der Waals surface area contributed by atoms with E-state index in [0.717, 1.165) is 42.5 Å². The number of hydrogen-bond acceptors (Lipinski definition) is 30. The number of carboxylic acids is 1. The third-order valence-corrected chi connectivity index (χ3v) is 22.2. The lowest BCUT2D eigenvalue weighted by molar-refractivity contribution is -0.333. The summed E-state index contributed by atoms with van der Waals surface area (Å²) in [5, 5.41) is 138. The van der Waals surface area contributed by atoms with Crippen molar-refractivity contribution in [2.45, 2.75) is 207 Å². The maximum absolute atomic E-state index is 16.6. The number of fused-ring (bicyclic) bond motifs is 15. The zero-order valence-electron chi connectivity index (χ0n) is 64.8. The Kier molecular flexibility index (Phi) is 26.3. The van der Waals surface area contributed by atoms with E-state index in [1.165, 1.54) is 71.1 Å². The minimum absolute atomic E-state index is 0.0396. The molecule has 22 atom stereocenters. The number of nitrogens with two attached hydrogens (primary N) is 3. The van der Waals surface area contributed by atoms with Crippen molar-refractivity contribution in [2.75, 3.05) is 39.8 Å². The number of hydrogen-bond donors (Lipinski definition) is 21. The Morgan fingerprint density at radius 3 is 1.91 bits per heavy atom. The molecule has 634 valence electrons. The summed E-state index contributed by atoms with van der Waals surface area (Å²) in [7, 11) is 1.48. The number of ether oxygens (including phenoxy) is 8. The number of carbonyl (C=O) groups is 8. The zero-order chi connectivity index (χ0) is 84.7. The summed E-state index contributed by atoms with van der Waals surface area (Å²) in [5.41, 5.74) is 13.6. The van der Waals surface area contributed by atoms with Crippen LogP contribution in [0, 0.1) is 5.92 Å². The van der Waals surface area contributed by atoms with E-state index in [-0.39, 0.29) is 70.5 Å². The fourth-order valence-corrected chi connectivity index (χ4v) is 15.8. The molecule has 11 bridgehead atoms. The molecule has 0 spiro atoms. The molecule has 0 aromatic heterocycles. The van der Waals surface area contributed by atoms with Crippen LogP contribution in [0.15, 0.2) is 78.9 Å². The van der Waals surface area contributed by atoms with Crippen LogP contribution >= 0.6 is 11.6 Å². The number of carbonyl (C=O) groups excluding carboxylic acids is 7. The Balaban J connectivity index is 1.12. The molecule has 9 aliphatic rings. The first-order valence-corrected chi connectivity index (χ1v) is 38.5. The van der Waals surface area contributed by atoms with E-state index in [9.17, 15) is 65.4 Å². The van der Waals surface area contributed by atoms with Gasteiger partial charge >= 0.3 is 5.97 Å². The highest BCUT2D eigenvalue weighted by atomic mass is 35.5. The van der Waals surface area contributed by atoms with Gasteiger partial charge in [0.2, 0.25) is 53.4 Å². The zero-order valence-corrected chi connectivity index (χ0v) is 65.5. The lowest BCUT2D eigenvalue weighted by Gasteiger charge is -2.47. The maximum atomic E-state index is 16.6. The average molecular weight is 1660 g/mol. The predicted octanol–water partition coefficient (Wildman–Crippen LogP) is -0.905. The predicted molar refractivity (Wildman–Crippen MR) is 409 cm³/mol. The number of nitrogens with zero attached hydrogens (tertiary/aromatic N) is 1. The van der Waals surface area contributed by atoms with Crippen molar-refractivity contribution in [2.24, 2.45) is 23.1 Å². The Morgan fingerprint density at radius 2 is 1.30 bits per heavy atom. The van der Waals surface area contributed by atoms with E-state index in [1.807, 2.05) is 18.7 Å². The minimum Gasteiger partial charge on any atom is -0.507 e. The van der Waals surface area contributed by atoms with Crippen LogP contribution in [-0.4, -0.2) is 246 Å². The van der Waals surface area contributed by atoms with Crippen molar-refractivity contribution in [3.63, 3.8) is 0 Å². The molecule has 4 fully saturated rings. The third-order valence-electron chi connectivity index (χ3n) is 21.9. The van der Waals surface area contributed by atoms with Crippen LogP contribution in [0.1, 0.15) is 131 Å². The molecule has 7 amide bonds. The smallest absolute Gasteiger partial charge is 0.330 e. The summed E-state index contributed by atoms with van der Waals surface area (Å²) in [4.78, 5) is 123. The van der Waals surface area contributed by atoms with E-state index in [4.69, 9.17) is 66.7 Å². The molecule has 5 aromatic carbocycles. The highest BCUT2D eigenvalue weighted by Gasteiger charge is 2.53. The van der Waals surface area contributed by atoms with Gasteiger partial charge in [-0.3, -0.25) is 38.5 Å². The number of aliphatic hydroxyl groups is 6. The monoisotopic (exact) mass is 1650 g/mol. The Labute approximate surface area is 675 Å². The molecule has 0 aliphatic carbocycles. The summed E-state index contributed by atoms with van der Waals surface area (Å²) in [6.45, 7) is 10.3. The van der Waals surface area contributed by atoms with E-state index in [2.05, 4.69) is 42.5 Å². The van der Waals surface area contributed by atoms with Gasteiger partial charge in [-0.05, 0) is 124 Å². The van der Waals surface area contributed by atoms with Crippen LogP contribution in [0.5, 0.6) is 46.0 Å². The molecular weight excluding hydrogens is 1560 g/mol. The molecule has 0 radical (unpaired) electrons. The van der Waals surface area contributed by atoms with Gasteiger partial charge in [-0.1, -0.05) is 49.7 Å². The number of carboxylic acid groups (broad SMARTS) is 1. The van der Waals surface area contributed by atoms with Crippen LogP contribution < -0.4 is 73.9 Å². The average Bonchev–Trinajstić information content (AvgIpc) is 0.769. The van der Waals surface area contributed by atoms with E-state index >= 15 is 24.0 Å². The second-order valence-corrected chi connectivity index (χ2v) is 31.8. The number of amides is 7. The first kappa shape index (κ1) is 86.6. The molecule has 14 rings (SSSR count). The van der Waals surface area contributed by atoms with Crippen LogP contribution in [0.2, 0.25) is 5.02 Å². The summed E-state index contributed by atoms with van der Waals surface area (Å²) in [6, 6.07) is 0.960. The fraction of sp³-hybridized carbons (Fsp3) is 0.513. The summed E-state index contributed by atoms with van der Waals surface area (Å²) in [6.07, 6.45) is -22.5. The fourth-order valence-electron chi connectivity index (χ4n) is 15.5. The van der Waals surface area contributed by atoms with Gasteiger partial charge in [-0.2, -0.15) is 0 Å². The third kappa shape index (κ3) is 18.8. The standard InChI is InChI=1S/C78H99ClN12O26/c1-31(2)20-43(83-7)69(102)89-58-60(96)36-11-15-47(42(79)22-36)113-49-24-37-23-48(65(49)117-76-66(63(99)62(98)50(30-92)114-76)116-53-28-78(6,82)68(101)33(4)111-53)112-38-12-8-34(9-13-38)64(115-52-27-77(5,81)67(100)32(3)110-52)59-74(107)88-57(75(108)109)40-25-46(94)41(29-91-18-16-84-17-19-91)61(97)54(40)39-21-35(10-14-45(39)93)55(71(104)90-59)87-72(105)56(37)86-70(103)44(26-51(80)95)85-73(58)106/h8-15,21-25,31-33,43-44,50,52-53,55-60,62-64,66-68,76,83-84,92-94,96-101H,16-20,26-30,81-82H2,1-7H3,(H2,80,95)(H,85,106)(H,86,103)(H,87,105)(H,88,107)(H,89,102)(H,90,104)(H,108,109)/t32-,33-,43+,44-,50+,52-,53-,55+,56+,57-,58+,59-,60+,62+,63-,64+,66+,67-,68-,76-,77+,78-/m0/s1. The number of phenols is 3. The number of nitrogens with one attached hydrogen (secondary N) is 8. The van der Waals surface area contributed by atoms with Crippen molar-refractivity contribution in [3.8, 4) is 57.1 Å². The second kappa shape index (κ2) is 35.5. The number of aliphatic hydroxyl groups excluding tert-OH is 6. The number of benzene rings is 5. The lowest BCUT2D eigenvalue weighted by atomic mass is 9.86. The highest BCUT2D eigenvalue weighted by molar-refractivity contribution is 6.32. The Morgan fingerprint density at radius 1 is 0.692 bits per heavy atom. The maximum Gasteiger partial charge on any atom is 0.330 e. The van der Waals surface area contributed by atoms with Gasteiger partial charge in [0, 0.05) is 73.3 Å². The van der Waals surface area contributed by atoms with Crippen LogP contribution in [0.25, 0.3) is 11.1 Å². The number of halogens is 1. The molecule has 9 aliphatic heterocycles. The van der Waals surface area contributed by atoms with Crippen molar-refractivity contribution in [1.29, 1.82) is 0 Å². The largest absolute Gasteiger partial charge is 0.507 e. The Hall–Kier alpha value is -9.69. The van der Waals surface area contributed by atoms with Gasteiger partial charge < -0.3 is 149 Å². The van der Waals surface area contributed by atoms with Crippen LogP contribution in [-0.2, 0) is 68.6 Å². The van der Waals surface area contributed by atoms with Gasteiger partial charge in [0.1, 0.15) is 89.5 Å². The van der Waals surface area contributed by atoms with Gasteiger partial charge in [0.15, 0.2) is 36.2 Å². The Bertz CT molecular complexity index is 4580. The van der Waals surface area contributed by atoms with E-state index in [0.29, 0.717) is 26.2 Å². The molecule has 24 N–H and O–H groups in total. The number of primary amides is 1. The van der Waals surface area contributed by atoms with Crippen molar-refractivity contribution >= 4 is 58.9 Å². The summed E-state index contributed by atoms with van der Waals surface area (Å²) < 4.78 is 52.0. The van der Waals surface area contributed by atoms with E-state index in [1.54, 1.807) is 0 Å². The first-order valence-electron chi connectivity index (χ1n) is 38.1. The molecule has 38 nitrogen and oxygen atoms in total. The number of phenolic OH excluding ortho intramolecular Hbond substituents is 3. The number of aromatic hydroxyl groups is 3. The quantitative estimate of drug-likeness (QED) is 0.0536. The number of piperazine rings is 1. The van der Waals surface area contributed by atoms with Gasteiger partial charge in [0.25, 0.3) is 0 Å². The van der Waals surface area contributed by atoms with Crippen LogP contribution in [0.3, 0.4) is 0 Å². The molecule has 0 unspecified atom stereocenters. The first-order chi connectivity index (χ1) is 55.3. The van der Waals surface area contributed by atoms with Crippen molar-refractivity contribution < 1.29 is 127 Å². The van der Waals surface area contributed by atoms with Gasteiger partial charge in [-0.25, -0.2) is 4.79 Å². The number of aliphatic carboxylic acids is 1.